The molecule has 2 atom stereocenters. The summed E-state index contributed by atoms with van der Waals surface area (Å²) in [6.07, 6.45) is -0.321. The molecule has 182 valence electrons. The van der Waals surface area contributed by atoms with Crippen molar-refractivity contribution in [3.63, 3.8) is 0 Å². The van der Waals surface area contributed by atoms with Crippen LogP contribution in [0.4, 0.5) is 22.0 Å². The number of ether oxygens (including phenoxy) is 1. The molecule has 3 rings (SSSR count). The molecule has 0 saturated heterocycles. The zero-order valence-electron chi connectivity index (χ0n) is 18.7. The minimum atomic E-state index is -4.35. The highest BCUT2D eigenvalue weighted by atomic mass is 19.4. The molecular formula is C26H25F5O3. The Balaban J connectivity index is 1.95. The van der Waals surface area contributed by atoms with Gasteiger partial charge in [-0.1, -0.05) is 38.1 Å². The molecule has 3 nitrogen and oxygen atoms in total. The van der Waals surface area contributed by atoms with Crippen molar-refractivity contribution >= 4 is 11.5 Å². The van der Waals surface area contributed by atoms with Gasteiger partial charge >= 0.3 is 12.1 Å². The van der Waals surface area contributed by atoms with Crippen molar-refractivity contribution < 1.29 is 36.6 Å². The molecule has 0 aromatic heterocycles. The lowest BCUT2D eigenvalue weighted by molar-refractivity contribution is -0.160. The first kappa shape index (κ1) is 25.5. The first-order valence-electron chi connectivity index (χ1n) is 10.8. The van der Waals surface area contributed by atoms with Crippen molar-refractivity contribution in [3.8, 4) is 5.75 Å². The van der Waals surface area contributed by atoms with E-state index in [4.69, 9.17) is 4.74 Å². The van der Waals surface area contributed by atoms with E-state index >= 15 is 0 Å². The van der Waals surface area contributed by atoms with Gasteiger partial charge in [-0.3, -0.25) is 4.79 Å². The van der Waals surface area contributed by atoms with Crippen LogP contribution in [-0.2, 0) is 11.4 Å². The van der Waals surface area contributed by atoms with Gasteiger partial charge in [-0.15, -0.1) is 0 Å². The fraction of sp³-hybridized carbons (Fsp3) is 0.346. The van der Waals surface area contributed by atoms with Gasteiger partial charge in [0.15, 0.2) is 0 Å². The van der Waals surface area contributed by atoms with Crippen molar-refractivity contribution in [2.75, 3.05) is 0 Å². The summed E-state index contributed by atoms with van der Waals surface area (Å²) < 4.78 is 71.8. The number of carbonyl (C=O) groups is 1. The van der Waals surface area contributed by atoms with Crippen molar-refractivity contribution in [3.05, 3.63) is 83.0 Å². The maximum atomic E-state index is 13.5. The van der Waals surface area contributed by atoms with Crippen LogP contribution in [-0.4, -0.2) is 17.3 Å². The SMILES string of the molecule is CC(C)C[C@H](C(=O)O)c1cc(OCc2cc(F)cc(F)c2)cc(C2=CCC(C(F)(F)F)C=C2)c1. The summed E-state index contributed by atoms with van der Waals surface area (Å²) in [6, 6.07) is 7.75. The molecule has 1 aliphatic rings. The first-order chi connectivity index (χ1) is 15.9. The van der Waals surface area contributed by atoms with Crippen molar-refractivity contribution in [1.29, 1.82) is 0 Å². The highest BCUT2D eigenvalue weighted by Gasteiger charge is 2.37. The van der Waals surface area contributed by atoms with E-state index in [1.165, 1.54) is 12.2 Å². The van der Waals surface area contributed by atoms with Crippen LogP contribution in [0, 0.1) is 23.5 Å². The Morgan fingerprint density at radius 1 is 1.09 bits per heavy atom. The van der Waals surface area contributed by atoms with Gasteiger partial charge in [-0.25, -0.2) is 8.78 Å². The van der Waals surface area contributed by atoms with Crippen LogP contribution in [0.2, 0.25) is 0 Å². The molecule has 0 fully saturated rings. The zero-order valence-corrected chi connectivity index (χ0v) is 18.7. The van der Waals surface area contributed by atoms with E-state index in [0.717, 1.165) is 24.3 Å². The van der Waals surface area contributed by atoms with Gasteiger partial charge in [0, 0.05) is 6.07 Å². The predicted octanol–water partition coefficient (Wildman–Crippen LogP) is 7.28. The monoisotopic (exact) mass is 480 g/mol. The third-order valence-electron chi connectivity index (χ3n) is 5.52. The fourth-order valence-corrected chi connectivity index (χ4v) is 3.86. The number of rotatable bonds is 8. The quantitative estimate of drug-likeness (QED) is 0.404. The van der Waals surface area contributed by atoms with Gasteiger partial charge < -0.3 is 9.84 Å². The highest BCUT2D eigenvalue weighted by Crippen LogP contribution is 2.37. The second-order valence-corrected chi connectivity index (χ2v) is 8.78. The lowest BCUT2D eigenvalue weighted by Crippen LogP contribution is -2.21. The third kappa shape index (κ3) is 6.68. The normalized spacial score (nSPS) is 16.9. The fourth-order valence-electron chi connectivity index (χ4n) is 3.86. The van der Waals surface area contributed by atoms with Crippen molar-refractivity contribution in [2.24, 2.45) is 11.8 Å². The largest absolute Gasteiger partial charge is 0.489 e. The number of carboxylic acids is 1. The Morgan fingerprint density at radius 2 is 1.76 bits per heavy atom. The van der Waals surface area contributed by atoms with Gasteiger partial charge in [-0.05, 0) is 65.3 Å². The van der Waals surface area contributed by atoms with Crippen LogP contribution in [0.3, 0.4) is 0 Å². The van der Waals surface area contributed by atoms with Crippen LogP contribution in [0.15, 0.2) is 54.6 Å². The molecule has 2 aromatic carbocycles. The summed E-state index contributed by atoms with van der Waals surface area (Å²) >= 11 is 0. The molecule has 0 aliphatic heterocycles. The van der Waals surface area contributed by atoms with Gasteiger partial charge in [0.2, 0.25) is 0 Å². The molecule has 0 saturated carbocycles. The number of allylic oxidation sites excluding steroid dienone is 4. The molecular weight excluding hydrogens is 455 g/mol. The number of hydrogen-bond acceptors (Lipinski definition) is 2. The van der Waals surface area contributed by atoms with Crippen LogP contribution in [0.5, 0.6) is 5.75 Å². The van der Waals surface area contributed by atoms with Gasteiger partial charge in [0.05, 0.1) is 11.8 Å². The third-order valence-corrected chi connectivity index (χ3v) is 5.52. The highest BCUT2D eigenvalue weighted by molar-refractivity contribution is 5.80. The van der Waals surface area contributed by atoms with E-state index in [2.05, 4.69) is 0 Å². The van der Waals surface area contributed by atoms with Crippen LogP contribution in [0.1, 0.15) is 49.3 Å². The molecule has 0 heterocycles. The van der Waals surface area contributed by atoms with Gasteiger partial charge in [0.25, 0.3) is 0 Å². The molecule has 0 radical (unpaired) electrons. The summed E-state index contributed by atoms with van der Waals surface area (Å²) in [5.41, 5.74) is 1.69. The zero-order chi connectivity index (χ0) is 25.0. The average molecular weight is 480 g/mol. The summed E-state index contributed by atoms with van der Waals surface area (Å²) in [5, 5.41) is 9.78. The van der Waals surface area contributed by atoms with E-state index in [0.29, 0.717) is 23.1 Å². The first-order valence-corrected chi connectivity index (χ1v) is 10.8. The minimum Gasteiger partial charge on any atom is -0.489 e. The number of carboxylic acid groups (broad SMARTS) is 1. The summed E-state index contributed by atoms with van der Waals surface area (Å²) in [7, 11) is 0. The molecule has 0 amide bonds. The standard InChI is InChI=1S/C26H25F5O3/c1-15(2)7-24(25(32)33)19-10-18(17-3-5-20(6-4-17)26(29,30)31)11-23(12-19)34-14-16-8-21(27)13-22(28)9-16/h3-5,8-13,15,20,24H,6-7,14H2,1-2H3,(H,32,33)/t20?,24-/m0/s1. The smallest absolute Gasteiger partial charge is 0.395 e. The number of aliphatic carboxylic acids is 1. The maximum Gasteiger partial charge on any atom is 0.395 e. The summed E-state index contributed by atoms with van der Waals surface area (Å²) in [5.74, 6) is -4.66. The Hall–Kier alpha value is -3.16. The number of hydrogen-bond donors (Lipinski definition) is 1. The van der Waals surface area contributed by atoms with Crippen LogP contribution < -0.4 is 4.74 Å². The predicted molar refractivity (Wildman–Crippen MR) is 118 cm³/mol. The minimum absolute atomic E-state index is 0.0747. The number of alkyl halides is 3. The Kier molecular flexibility index (Phi) is 7.79. The Morgan fingerprint density at radius 3 is 2.29 bits per heavy atom. The Labute approximate surface area is 194 Å². The molecule has 34 heavy (non-hydrogen) atoms. The van der Waals surface area contributed by atoms with E-state index in [1.54, 1.807) is 18.2 Å². The number of benzene rings is 2. The molecule has 0 bridgehead atoms. The summed E-state index contributed by atoms with van der Waals surface area (Å²) in [4.78, 5) is 12.0. The number of halogens is 5. The molecule has 2 aromatic rings. The van der Waals surface area contributed by atoms with E-state index in [1.807, 2.05) is 13.8 Å². The average Bonchev–Trinajstić information content (AvgIpc) is 2.74. The second kappa shape index (κ2) is 10.4. The van der Waals surface area contributed by atoms with E-state index in [-0.39, 0.29) is 30.3 Å². The van der Waals surface area contributed by atoms with E-state index < -0.39 is 35.6 Å². The second-order valence-electron chi connectivity index (χ2n) is 8.78. The van der Waals surface area contributed by atoms with Crippen LogP contribution >= 0.6 is 0 Å². The lowest BCUT2D eigenvalue weighted by Gasteiger charge is -2.21. The molecule has 1 unspecified atom stereocenters. The van der Waals surface area contributed by atoms with Crippen molar-refractivity contribution in [2.45, 2.75) is 45.4 Å². The Bertz CT molecular complexity index is 1080. The topological polar surface area (TPSA) is 46.5 Å². The van der Waals surface area contributed by atoms with Crippen molar-refractivity contribution in [1.82, 2.24) is 0 Å². The van der Waals surface area contributed by atoms with Gasteiger partial charge in [0.1, 0.15) is 24.0 Å². The molecule has 1 N–H and O–H groups in total. The molecule has 8 heteroatoms. The van der Waals surface area contributed by atoms with E-state index in [9.17, 15) is 31.9 Å². The van der Waals surface area contributed by atoms with Gasteiger partial charge in [-0.2, -0.15) is 13.2 Å². The molecule has 1 aliphatic carbocycles. The maximum absolute atomic E-state index is 13.5. The summed E-state index contributed by atoms with van der Waals surface area (Å²) in [6.45, 7) is 3.60. The van der Waals surface area contributed by atoms with Crippen LogP contribution in [0.25, 0.3) is 5.57 Å². The molecule has 0 spiro atoms. The lowest BCUT2D eigenvalue weighted by atomic mass is 9.87.